The molecule has 2 aromatic rings. The highest BCUT2D eigenvalue weighted by Crippen LogP contribution is 2.25. The average Bonchev–Trinajstić information content (AvgIpc) is 2.84. The number of nitrogens with zero attached hydrogens (tertiary/aromatic N) is 3. The van der Waals surface area contributed by atoms with Crippen molar-refractivity contribution in [1.82, 2.24) is 20.1 Å². The molecule has 0 aliphatic heterocycles. The zero-order valence-electron chi connectivity index (χ0n) is 11.0. The van der Waals surface area contributed by atoms with Crippen molar-refractivity contribution in [2.45, 2.75) is 26.3 Å². The van der Waals surface area contributed by atoms with E-state index in [2.05, 4.69) is 31.3 Å². The van der Waals surface area contributed by atoms with Crippen LogP contribution in [0.2, 0.25) is 0 Å². The van der Waals surface area contributed by atoms with Gasteiger partial charge in [-0.05, 0) is 41.0 Å². The summed E-state index contributed by atoms with van der Waals surface area (Å²) >= 11 is 3.26. The Kier molecular flexibility index (Phi) is 5.19. The summed E-state index contributed by atoms with van der Waals surface area (Å²) in [5.41, 5.74) is 0.390. The molecule has 0 bridgehead atoms. The molecule has 2 heterocycles. The lowest BCUT2D eigenvalue weighted by Gasteiger charge is -2.08. The van der Waals surface area contributed by atoms with Crippen LogP contribution in [0.25, 0.3) is 5.82 Å². The fourth-order valence-electron chi connectivity index (χ4n) is 1.84. The van der Waals surface area contributed by atoms with Crippen molar-refractivity contribution in [2.75, 3.05) is 6.54 Å². The van der Waals surface area contributed by atoms with Crippen LogP contribution in [0.4, 0.5) is 8.78 Å². The maximum atomic E-state index is 13.3. The highest BCUT2D eigenvalue weighted by molar-refractivity contribution is 9.10. The van der Waals surface area contributed by atoms with Gasteiger partial charge in [0.25, 0.3) is 6.43 Å². The molecule has 0 amide bonds. The van der Waals surface area contributed by atoms with E-state index in [0.717, 1.165) is 17.4 Å². The van der Waals surface area contributed by atoms with Crippen molar-refractivity contribution >= 4 is 15.9 Å². The van der Waals surface area contributed by atoms with Crippen LogP contribution < -0.4 is 5.32 Å². The number of nitrogens with one attached hydrogen (secondary N) is 1. The standard InChI is InChI=1S/C13H15BrF2N4/c1-2-5-17-6-9-7-19-20(12(9)13(15)16)11-4-3-10(14)8-18-11/h3-4,7-8,13,17H,2,5-6H2,1H3. The van der Waals surface area contributed by atoms with Gasteiger partial charge >= 0.3 is 0 Å². The van der Waals surface area contributed by atoms with E-state index in [1.165, 1.54) is 10.9 Å². The number of pyridine rings is 1. The average molecular weight is 345 g/mol. The Bertz CT molecular complexity index is 554. The molecule has 0 aliphatic rings. The molecule has 0 saturated carbocycles. The number of hydrogen-bond acceptors (Lipinski definition) is 3. The second-order valence-electron chi connectivity index (χ2n) is 4.28. The monoisotopic (exact) mass is 344 g/mol. The molecule has 2 aromatic heterocycles. The van der Waals surface area contributed by atoms with Gasteiger partial charge in [0.1, 0.15) is 5.69 Å². The minimum atomic E-state index is -2.60. The Morgan fingerprint density at radius 3 is 2.75 bits per heavy atom. The van der Waals surface area contributed by atoms with Crippen molar-refractivity contribution in [3.63, 3.8) is 0 Å². The van der Waals surface area contributed by atoms with Crippen LogP contribution in [0.15, 0.2) is 29.0 Å². The summed E-state index contributed by atoms with van der Waals surface area (Å²) in [4.78, 5) is 4.10. The summed E-state index contributed by atoms with van der Waals surface area (Å²) in [6, 6.07) is 3.39. The van der Waals surface area contributed by atoms with Crippen molar-refractivity contribution in [1.29, 1.82) is 0 Å². The SMILES string of the molecule is CCCNCc1cnn(-c2ccc(Br)cn2)c1C(F)F. The quantitative estimate of drug-likeness (QED) is 0.816. The molecule has 0 saturated heterocycles. The molecule has 7 heteroatoms. The molecule has 0 fully saturated rings. The predicted molar refractivity (Wildman–Crippen MR) is 76.0 cm³/mol. The number of halogens is 3. The molecular weight excluding hydrogens is 330 g/mol. The highest BCUT2D eigenvalue weighted by atomic mass is 79.9. The van der Waals surface area contributed by atoms with Gasteiger partial charge in [-0.3, -0.25) is 0 Å². The first-order chi connectivity index (χ1) is 9.63. The molecule has 108 valence electrons. The van der Waals surface area contributed by atoms with Gasteiger partial charge < -0.3 is 5.32 Å². The van der Waals surface area contributed by atoms with Crippen LogP contribution >= 0.6 is 15.9 Å². The molecule has 0 unspecified atom stereocenters. The van der Waals surface area contributed by atoms with E-state index in [1.807, 2.05) is 6.92 Å². The van der Waals surface area contributed by atoms with Crippen LogP contribution in [-0.4, -0.2) is 21.3 Å². The third-order valence-electron chi connectivity index (χ3n) is 2.76. The lowest BCUT2D eigenvalue weighted by Crippen LogP contribution is -2.15. The van der Waals surface area contributed by atoms with Gasteiger partial charge in [-0.15, -0.1) is 0 Å². The molecule has 20 heavy (non-hydrogen) atoms. The molecule has 0 spiro atoms. The van der Waals surface area contributed by atoms with Crippen molar-refractivity contribution in [3.05, 3.63) is 40.3 Å². The third-order valence-corrected chi connectivity index (χ3v) is 3.23. The maximum absolute atomic E-state index is 13.3. The van der Waals surface area contributed by atoms with Gasteiger partial charge in [-0.2, -0.15) is 5.10 Å². The van der Waals surface area contributed by atoms with Crippen LogP contribution in [0.3, 0.4) is 0 Å². The van der Waals surface area contributed by atoms with Gasteiger partial charge in [0.2, 0.25) is 0 Å². The number of rotatable bonds is 6. The summed E-state index contributed by atoms with van der Waals surface area (Å²) in [5.74, 6) is 0.380. The van der Waals surface area contributed by atoms with E-state index < -0.39 is 6.43 Å². The Labute approximate surface area is 124 Å². The normalized spacial score (nSPS) is 11.2. The van der Waals surface area contributed by atoms with E-state index in [-0.39, 0.29) is 5.69 Å². The minimum absolute atomic E-state index is 0.108. The summed E-state index contributed by atoms with van der Waals surface area (Å²) < 4.78 is 28.5. The van der Waals surface area contributed by atoms with E-state index in [9.17, 15) is 8.78 Å². The fraction of sp³-hybridized carbons (Fsp3) is 0.385. The Morgan fingerprint density at radius 2 is 2.15 bits per heavy atom. The lowest BCUT2D eigenvalue weighted by molar-refractivity contribution is 0.141. The van der Waals surface area contributed by atoms with Crippen LogP contribution in [-0.2, 0) is 6.54 Å². The van der Waals surface area contributed by atoms with E-state index in [4.69, 9.17) is 0 Å². The highest BCUT2D eigenvalue weighted by Gasteiger charge is 2.21. The summed E-state index contributed by atoms with van der Waals surface area (Å²) in [6.45, 7) is 3.19. The van der Waals surface area contributed by atoms with E-state index in [0.29, 0.717) is 17.9 Å². The zero-order valence-corrected chi connectivity index (χ0v) is 12.6. The first-order valence-corrected chi connectivity index (χ1v) is 7.10. The van der Waals surface area contributed by atoms with E-state index in [1.54, 1.807) is 18.3 Å². The minimum Gasteiger partial charge on any atom is -0.313 e. The largest absolute Gasteiger partial charge is 0.313 e. The Morgan fingerprint density at radius 1 is 1.35 bits per heavy atom. The van der Waals surface area contributed by atoms with Crippen molar-refractivity contribution in [3.8, 4) is 5.82 Å². The summed E-state index contributed by atoms with van der Waals surface area (Å²) in [5, 5.41) is 7.14. The van der Waals surface area contributed by atoms with E-state index >= 15 is 0 Å². The number of aromatic nitrogens is 3. The predicted octanol–water partition coefficient (Wildman–Crippen LogP) is 3.47. The molecular formula is C13H15BrF2N4. The molecule has 0 aromatic carbocycles. The molecule has 4 nitrogen and oxygen atoms in total. The van der Waals surface area contributed by atoms with Crippen molar-refractivity contribution < 1.29 is 8.78 Å². The topological polar surface area (TPSA) is 42.7 Å². The third kappa shape index (κ3) is 3.40. The fourth-order valence-corrected chi connectivity index (χ4v) is 2.07. The first-order valence-electron chi connectivity index (χ1n) is 6.31. The molecule has 2 rings (SSSR count). The lowest BCUT2D eigenvalue weighted by atomic mass is 10.2. The second-order valence-corrected chi connectivity index (χ2v) is 5.19. The van der Waals surface area contributed by atoms with Crippen molar-refractivity contribution in [2.24, 2.45) is 0 Å². The van der Waals surface area contributed by atoms with Gasteiger partial charge in [0, 0.05) is 22.8 Å². The van der Waals surface area contributed by atoms with Gasteiger partial charge in [0.15, 0.2) is 5.82 Å². The maximum Gasteiger partial charge on any atom is 0.280 e. The number of alkyl halides is 2. The first kappa shape index (κ1) is 15.1. The van der Waals surface area contributed by atoms with Crippen LogP contribution in [0.5, 0.6) is 0 Å². The van der Waals surface area contributed by atoms with Gasteiger partial charge in [0.05, 0.1) is 6.20 Å². The molecule has 0 aliphatic carbocycles. The molecule has 0 atom stereocenters. The van der Waals surface area contributed by atoms with Crippen LogP contribution in [0.1, 0.15) is 31.0 Å². The zero-order chi connectivity index (χ0) is 14.5. The molecule has 0 radical (unpaired) electrons. The summed E-state index contributed by atoms with van der Waals surface area (Å²) in [6.07, 6.45) is 1.38. The molecule has 1 N–H and O–H groups in total. The van der Waals surface area contributed by atoms with Gasteiger partial charge in [-0.1, -0.05) is 6.92 Å². The summed E-state index contributed by atoms with van der Waals surface area (Å²) in [7, 11) is 0. The Hall–Kier alpha value is -1.34. The smallest absolute Gasteiger partial charge is 0.280 e. The second kappa shape index (κ2) is 6.90. The Balaban J connectivity index is 2.31. The van der Waals surface area contributed by atoms with Crippen LogP contribution in [0, 0.1) is 0 Å². The number of hydrogen-bond donors (Lipinski definition) is 1. The van der Waals surface area contributed by atoms with Gasteiger partial charge in [-0.25, -0.2) is 18.4 Å².